The van der Waals surface area contributed by atoms with E-state index in [0.717, 1.165) is 6.42 Å². The number of piperidine rings is 1. The molecule has 1 fully saturated rings. The van der Waals surface area contributed by atoms with E-state index >= 15 is 0 Å². The normalized spacial score (nSPS) is 21.7. The smallest absolute Gasteiger partial charge is 0.305 e. The van der Waals surface area contributed by atoms with Crippen LogP contribution < -0.4 is 0 Å². The third-order valence-corrected chi connectivity index (χ3v) is 4.07. The molecule has 112 valence electrons. The number of esters is 1. The predicted octanol–water partition coefficient (Wildman–Crippen LogP) is 2.51. The summed E-state index contributed by atoms with van der Waals surface area (Å²) in [4.78, 5) is 25.7. The van der Waals surface area contributed by atoms with E-state index in [2.05, 4.69) is 6.58 Å². The van der Waals surface area contributed by atoms with Crippen molar-refractivity contribution in [1.82, 2.24) is 4.90 Å². The van der Waals surface area contributed by atoms with E-state index in [9.17, 15) is 9.59 Å². The highest BCUT2D eigenvalue weighted by Gasteiger charge is 2.31. The number of likely N-dealkylation sites (tertiary alicyclic amines) is 1. The molecule has 1 saturated heterocycles. The summed E-state index contributed by atoms with van der Waals surface area (Å²) in [6, 6.07) is 9.27. The molecule has 1 aromatic rings. The van der Waals surface area contributed by atoms with Crippen molar-refractivity contribution in [3.05, 3.63) is 48.6 Å². The summed E-state index contributed by atoms with van der Waals surface area (Å²) in [7, 11) is 1.40. The molecule has 0 N–H and O–H groups in total. The van der Waals surface area contributed by atoms with Crippen LogP contribution in [0.5, 0.6) is 0 Å². The molecule has 2 atom stereocenters. The topological polar surface area (TPSA) is 46.6 Å². The number of rotatable bonds is 4. The van der Waals surface area contributed by atoms with E-state index in [4.69, 9.17) is 4.74 Å². The second-order valence-electron chi connectivity index (χ2n) is 5.35. The van der Waals surface area contributed by atoms with Crippen LogP contribution in [0.1, 0.15) is 23.2 Å². The van der Waals surface area contributed by atoms with Crippen LogP contribution >= 0.6 is 0 Å². The number of methoxy groups -OCH3 is 1. The van der Waals surface area contributed by atoms with Crippen molar-refractivity contribution in [2.75, 3.05) is 20.2 Å². The second-order valence-corrected chi connectivity index (χ2v) is 5.35. The van der Waals surface area contributed by atoms with Crippen molar-refractivity contribution in [3.8, 4) is 0 Å². The molecular weight excluding hydrogens is 266 g/mol. The van der Waals surface area contributed by atoms with Crippen LogP contribution in [-0.2, 0) is 9.53 Å². The zero-order valence-electron chi connectivity index (χ0n) is 12.3. The fourth-order valence-corrected chi connectivity index (χ4v) is 2.80. The highest BCUT2D eigenvalue weighted by Crippen LogP contribution is 2.28. The Bertz CT molecular complexity index is 512. The van der Waals surface area contributed by atoms with E-state index in [-0.39, 0.29) is 23.7 Å². The van der Waals surface area contributed by atoms with Gasteiger partial charge in [0.05, 0.1) is 7.11 Å². The standard InChI is InChI=1S/C17H21NO3/c1-3-13-12-18(10-9-15(13)11-16(19)21-2)17(20)14-7-5-4-6-8-14/h3-8,13,15H,1,9-12H2,2H3. The van der Waals surface area contributed by atoms with Crippen LogP contribution in [0.2, 0.25) is 0 Å². The Kier molecular flexibility index (Phi) is 5.14. The van der Waals surface area contributed by atoms with Crippen molar-refractivity contribution in [2.24, 2.45) is 11.8 Å². The summed E-state index contributed by atoms with van der Waals surface area (Å²) >= 11 is 0. The molecule has 1 aromatic carbocycles. The quantitative estimate of drug-likeness (QED) is 0.631. The zero-order chi connectivity index (χ0) is 15.2. The number of carbonyl (C=O) groups excluding carboxylic acids is 2. The minimum atomic E-state index is -0.199. The van der Waals surface area contributed by atoms with Crippen LogP contribution in [0.3, 0.4) is 0 Å². The molecule has 0 saturated carbocycles. The highest BCUT2D eigenvalue weighted by molar-refractivity contribution is 5.94. The van der Waals surface area contributed by atoms with Gasteiger partial charge in [0.15, 0.2) is 0 Å². The van der Waals surface area contributed by atoms with Crippen molar-refractivity contribution in [2.45, 2.75) is 12.8 Å². The summed E-state index contributed by atoms with van der Waals surface area (Å²) in [5, 5.41) is 0. The van der Waals surface area contributed by atoms with Crippen molar-refractivity contribution >= 4 is 11.9 Å². The molecule has 0 bridgehead atoms. The molecule has 4 heteroatoms. The number of hydrogen-bond donors (Lipinski definition) is 0. The van der Waals surface area contributed by atoms with Gasteiger partial charge in [-0.3, -0.25) is 9.59 Å². The lowest BCUT2D eigenvalue weighted by Crippen LogP contribution is -2.43. The Morgan fingerprint density at radius 2 is 2.10 bits per heavy atom. The molecule has 21 heavy (non-hydrogen) atoms. The van der Waals surface area contributed by atoms with Crippen molar-refractivity contribution in [3.63, 3.8) is 0 Å². The fraction of sp³-hybridized carbons (Fsp3) is 0.412. The van der Waals surface area contributed by atoms with Gasteiger partial charge in [0, 0.05) is 25.1 Å². The summed E-state index contributed by atoms with van der Waals surface area (Å²) in [5.74, 6) is 0.175. The van der Waals surface area contributed by atoms with Crippen LogP contribution in [0.15, 0.2) is 43.0 Å². The van der Waals surface area contributed by atoms with Gasteiger partial charge >= 0.3 is 5.97 Å². The first-order chi connectivity index (χ1) is 10.2. The highest BCUT2D eigenvalue weighted by atomic mass is 16.5. The Balaban J connectivity index is 2.02. The fourth-order valence-electron chi connectivity index (χ4n) is 2.80. The molecule has 0 spiro atoms. The maximum atomic E-state index is 12.4. The molecule has 0 aliphatic carbocycles. The third-order valence-electron chi connectivity index (χ3n) is 4.07. The molecular formula is C17H21NO3. The van der Waals surface area contributed by atoms with Crippen molar-refractivity contribution < 1.29 is 14.3 Å². The first-order valence-electron chi connectivity index (χ1n) is 7.19. The van der Waals surface area contributed by atoms with E-state index in [1.54, 1.807) is 0 Å². The Labute approximate surface area is 125 Å². The largest absolute Gasteiger partial charge is 0.469 e. The maximum absolute atomic E-state index is 12.4. The minimum absolute atomic E-state index is 0.0407. The number of benzene rings is 1. The lowest BCUT2D eigenvalue weighted by molar-refractivity contribution is -0.142. The number of carbonyl (C=O) groups is 2. The van der Waals surface area contributed by atoms with Gasteiger partial charge in [0.25, 0.3) is 5.91 Å². The summed E-state index contributed by atoms with van der Waals surface area (Å²) in [6.45, 7) is 5.12. The number of ether oxygens (including phenoxy) is 1. The molecule has 0 aromatic heterocycles. The molecule has 1 heterocycles. The Morgan fingerprint density at radius 1 is 1.38 bits per heavy atom. The monoisotopic (exact) mass is 287 g/mol. The van der Waals surface area contributed by atoms with Gasteiger partial charge in [-0.25, -0.2) is 0 Å². The van der Waals surface area contributed by atoms with Gasteiger partial charge in [0.1, 0.15) is 0 Å². The molecule has 1 aliphatic heterocycles. The third kappa shape index (κ3) is 3.72. The first-order valence-corrected chi connectivity index (χ1v) is 7.19. The number of amides is 1. The summed E-state index contributed by atoms with van der Waals surface area (Å²) in [5.41, 5.74) is 0.701. The van der Waals surface area contributed by atoms with Crippen LogP contribution in [0, 0.1) is 11.8 Å². The number of nitrogens with zero attached hydrogens (tertiary/aromatic N) is 1. The minimum Gasteiger partial charge on any atom is -0.469 e. The molecule has 0 radical (unpaired) electrons. The zero-order valence-corrected chi connectivity index (χ0v) is 12.3. The van der Waals surface area contributed by atoms with Gasteiger partial charge in [0.2, 0.25) is 0 Å². The molecule has 1 amide bonds. The summed E-state index contributed by atoms with van der Waals surface area (Å²) in [6.07, 6.45) is 3.03. The SMILES string of the molecule is C=CC1CN(C(=O)c2ccccc2)CCC1CC(=O)OC. The lowest BCUT2D eigenvalue weighted by atomic mass is 9.83. The molecule has 2 rings (SSSR count). The number of hydrogen-bond acceptors (Lipinski definition) is 3. The molecule has 1 aliphatic rings. The van der Waals surface area contributed by atoms with Gasteiger partial charge in [-0.2, -0.15) is 0 Å². The lowest BCUT2D eigenvalue weighted by Gasteiger charge is -2.37. The van der Waals surface area contributed by atoms with Crippen LogP contribution in [-0.4, -0.2) is 37.0 Å². The van der Waals surface area contributed by atoms with E-state index in [1.165, 1.54) is 7.11 Å². The predicted molar refractivity (Wildman–Crippen MR) is 80.8 cm³/mol. The van der Waals surface area contributed by atoms with E-state index < -0.39 is 0 Å². The maximum Gasteiger partial charge on any atom is 0.305 e. The average molecular weight is 287 g/mol. The van der Waals surface area contributed by atoms with Gasteiger partial charge in [-0.1, -0.05) is 24.3 Å². The average Bonchev–Trinajstić information content (AvgIpc) is 2.55. The van der Waals surface area contributed by atoms with E-state index in [0.29, 0.717) is 25.1 Å². The Hall–Kier alpha value is -2.10. The van der Waals surface area contributed by atoms with Gasteiger partial charge < -0.3 is 9.64 Å². The Morgan fingerprint density at radius 3 is 2.71 bits per heavy atom. The van der Waals surface area contributed by atoms with Crippen LogP contribution in [0.4, 0.5) is 0 Å². The first kappa shape index (κ1) is 15.3. The van der Waals surface area contributed by atoms with Gasteiger partial charge in [-0.15, -0.1) is 6.58 Å². The van der Waals surface area contributed by atoms with Crippen LogP contribution in [0.25, 0.3) is 0 Å². The summed E-state index contributed by atoms with van der Waals surface area (Å²) < 4.78 is 4.74. The molecule has 2 unspecified atom stereocenters. The molecule has 4 nitrogen and oxygen atoms in total. The van der Waals surface area contributed by atoms with Crippen molar-refractivity contribution in [1.29, 1.82) is 0 Å². The van der Waals surface area contributed by atoms with Gasteiger partial charge in [-0.05, 0) is 30.4 Å². The van der Waals surface area contributed by atoms with E-state index in [1.807, 2.05) is 41.3 Å². The second kappa shape index (κ2) is 7.07.